The van der Waals surface area contributed by atoms with Crippen molar-refractivity contribution >= 4 is 18.4 Å². The second-order valence-corrected chi connectivity index (χ2v) is 3.92. The van der Waals surface area contributed by atoms with E-state index in [4.69, 9.17) is 9.84 Å². The van der Waals surface area contributed by atoms with Crippen molar-refractivity contribution in [3.63, 3.8) is 0 Å². The zero-order chi connectivity index (χ0) is 11.4. The molecule has 1 aromatic rings. The quantitative estimate of drug-likeness (QED) is 0.865. The summed E-state index contributed by atoms with van der Waals surface area (Å²) in [5, 5.41) is 11.9. The standard InChI is InChI=1S/C12H15NO3.ClH/c14-12(15)11-8-10(6-7-13-11)16-9-4-2-1-3-5-9;/h1-5,10-11,13H,6-8H2,(H,14,15);1H/t10-,11-;/m0./s1. The highest BCUT2D eigenvalue weighted by molar-refractivity contribution is 5.85. The van der Waals surface area contributed by atoms with Gasteiger partial charge in [-0.15, -0.1) is 12.4 Å². The first-order valence-corrected chi connectivity index (χ1v) is 5.43. The Kier molecular flexibility index (Phi) is 5.25. The van der Waals surface area contributed by atoms with Gasteiger partial charge in [0, 0.05) is 6.42 Å². The zero-order valence-electron chi connectivity index (χ0n) is 9.33. The highest BCUT2D eigenvalue weighted by Crippen LogP contribution is 2.18. The Morgan fingerprint density at radius 2 is 2.06 bits per heavy atom. The van der Waals surface area contributed by atoms with Crippen LogP contribution in [0.25, 0.3) is 0 Å². The van der Waals surface area contributed by atoms with Crippen molar-refractivity contribution in [3.8, 4) is 5.75 Å². The van der Waals surface area contributed by atoms with Crippen LogP contribution in [0.5, 0.6) is 5.75 Å². The summed E-state index contributed by atoms with van der Waals surface area (Å²) in [5.41, 5.74) is 0. The minimum Gasteiger partial charge on any atom is -0.490 e. The topological polar surface area (TPSA) is 58.6 Å². The Labute approximate surface area is 106 Å². The predicted octanol–water partition coefficient (Wildman–Crippen LogP) is 1.69. The second kappa shape index (κ2) is 6.47. The molecule has 5 heteroatoms. The van der Waals surface area contributed by atoms with Crippen molar-refractivity contribution in [1.29, 1.82) is 0 Å². The molecule has 0 spiro atoms. The Morgan fingerprint density at radius 1 is 1.35 bits per heavy atom. The van der Waals surface area contributed by atoms with Crippen LogP contribution in [0, 0.1) is 0 Å². The van der Waals surface area contributed by atoms with Crippen LogP contribution in [0.3, 0.4) is 0 Å². The third-order valence-electron chi connectivity index (χ3n) is 2.70. The number of hydrogen-bond donors (Lipinski definition) is 2. The molecule has 1 fully saturated rings. The van der Waals surface area contributed by atoms with Gasteiger partial charge in [0.25, 0.3) is 0 Å². The predicted molar refractivity (Wildman–Crippen MR) is 66.8 cm³/mol. The number of hydrogen-bond acceptors (Lipinski definition) is 3. The summed E-state index contributed by atoms with van der Waals surface area (Å²) < 4.78 is 5.73. The molecule has 0 aliphatic carbocycles. The van der Waals surface area contributed by atoms with Gasteiger partial charge in [-0.05, 0) is 25.1 Å². The van der Waals surface area contributed by atoms with Crippen molar-refractivity contribution in [2.75, 3.05) is 6.54 Å². The molecule has 94 valence electrons. The summed E-state index contributed by atoms with van der Waals surface area (Å²) in [4.78, 5) is 10.8. The largest absolute Gasteiger partial charge is 0.490 e. The van der Waals surface area contributed by atoms with Crippen molar-refractivity contribution < 1.29 is 14.6 Å². The van der Waals surface area contributed by atoms with Crippen LogP contribution in [0.15, 0.2) is 30.3 Å². The van der Waals surface area contributed by atoms with Crippen molar-refractivity contribution in [1.82, 2.24) is 5.32 Å². The summed E-state index contributed by atoms with van der Waals surface area (Å²) >= 11 is 0. The first kappa shape index (κ1) is 13.8. The smallest absolute Gasteiger partial charge is 0.320 e. The van der Waals surface area contributed by atoms with E-state index in [2.05, 4.69) is 5.32 Å². The number of benzene rings is 1. The molecular weight excluding hydrogens is 242 g/mol. The highest BCUT2D eigenvalue weighted by Gasteiger charge is 2.27. The third kappa shape index (κ3) is 3.91. The van der Waals surface area contributed by atoms with Crippen LogP contribution >= 0.6 is 12.4 Å². The molecule has 1 aromatic carbocycles. The fourth-order valence-electron chi connectivity index (χ4n) is 1.87. The molecule has 2 N–H and O–H groups in total. The van der Waals surface area contributed by atoms with E-state index >= 15 is 0 Å². The molecular formula is C12H16ClNO3. The minimum absolute atomic E-state index is 0. The lowest BCUT2D eigenvalue weighted by Crippen LogP contribution is -2.46. The molecule has 2 rings (SSSR count). The van der Waals surface area contributed by atoms with Crippen LogP contribution in [-0.2, 0) is 4.79 Å². The third-order valence-corrected chi connectivity index (χ3v) is 2.70. The molecule has 1 aliphatic rings. The van der Waals surface area contributed by atoms with Crippen LogP contribution in [-0.4, -0.2) is 29.8 Å². The van der Waals surface area contributed by atoms with Crippen LogP contribution in [0.1, 0.15) is 12.8 Å². The number of carboxylic acid groups (broad SMARTS) is 1. The molecule has 1 aliphatic heterocycles. The summed E-state index contributed by atoms with van der Waals surface area (Å²) in [5.74, 6) is -0.0000922. The fraction of sp³-hybridized carbons (Fsp3) is 0.417. The van der Waals surface area contributed by atoms with E-state index in [9.17, 15) is 4.79 Å². The van der Waals surface area contributed by atoms with E-state index < -0.39 is 12.0 Å². The van der Waals surface area contributed by atoms with Gasteiger partial charge in [-0.3, -0.25) is 4.79 Å². The van der Waals surface area contributed by atoms with Gasteiger partial charge in [-0.25, -0.2) is 0 Å². The van der Waals surface area contributed by atoms with Crippen LogP contribution < -0.4 is 10.1 Å². The van der Waals surface area contributed by atoms with E-state index in [0.717, 1.165) is 12.2 Å². The Hall–Kier alpha value is -1.26. The van der Waals surface area contributed by atoms with Gasteiger partial charge in [0.2, 0.25) is 0 Å². The maximum atomic E-state index is 10.8. The summed E-state index contributed by atoms with van der Waals surface area (Å²) in [7, 11) is 0. The molecule has 17 heavy (non-hydrogen) atoms. The molecule has 2 atom stereocenters. The second-order valence-electron chi connectivity index (χ2n) is 3.92. The molecule has 0 bridgehead atoms. The van der Waals surface area contributed by atoms with Crippen molar-refractivity contribution in [2.24, 2.45) is 0 Å². The monoisotopic (exact) mass is 257 g/mol. The Morgan fingerprint density at radius 3 is 2.71 bits per heavy atom. The molecule has 0 unspecified atom stereocenters. The number of ether oxygens (including phenoxy) is 1. The normalized spacial score (nSPS) is 23.5. The first-order chi connectivity index (χ1) is 7.75. The number of carboxylic acids is 1. The number of nitrogens with one attached hydrogen (secondary N) is 1. The van der Waals surface area contributed by atoms with Crippen molar-refractivity contribution in [3.05, 3.63) is 30.3 Å². The molecule has 1 saturated heterocycles. The van der Waals surface area contributed by atoms with Gasteiger partial charge in [-0.1, -0.05) is 18.2 Å². The van der Waals surface area contributed by atoms with Crippen molar-refractivity contribution in [2.45, 2.75) is 25.0 Å². The van der Waals surface area contributed by atoms with Crippen LogP contribution in [0.4, 0.5) is 0 Å². The van der Waals surface area contributed by atoms with Gasteiger partial charge >= 0.3 is 5.97 Å². The molecule has 1 heterocycles. The molecule has 0 saturated carbocycles. The number of piperidine rings is 1. The van der Waals surface area contributed by atoms with E-state index in [-0.39, 0.29) is 18.5 Å². The Bertz CT molecular complexity index is 358. The fourth-order valence-corrected chi connectivity index (χ4v) is 1.87. The maximum Gasteiger partial charge on any atom is 0.320 e. The molecule has 0 amide bonds. The zero-order valence-corrected chi connectivity index (χ0v) is 10.2. The van der Waals surface area contributed by atoms with E-state index in [1.54, 1.807) is 0 Å². The first-order valence-electron chi connectivity index (χ1n) is 5.43. The molecule has 4 nitrogen and oxygen atoms in total. The SMILES string of the molecule is Cl.O=C(O)[C@@H]1C[C@@H](Oc2ccccc2)CCN1. The van der Waals surface area contributed by atoms with Gasteiger partial charge in [0.05, 0.1) is 0 Å². The average molecular weight is 258 g/mol. The van der Waals surface area contributed by atoms with Gasteiger partial charge < -0.3 is 15.2 Å². The molecule has 0 aromatic heterocycles. The van der Waals surface area contributed by atoms with E-state index in [1.807, 2.05) is 30.3 Å². The Balaban J connectivity index is 0.00000144. The summed E-state index contributed by atoms with van der Waals surface area (Å²) in [6.45, 7) is 0.689. The van der Waals surface area contributed by atoms with E-state index in [0.29, 0.717) is 13.0 Å². The number of carbonyl (C=O) groups is 1. The number of halogens is 1. The lowest BCUT2D eigenvalue weighted by molar-refractivity contribution is -0.140. The lowest BCUT2D eigenvalue weighted by atomic mass is 10.0. The van der Waals surface area contributed by atoms with Crippen LogP contribution in [0.2, 0.25) is 0 Å². The van der Waals surface area contributed by atoms with Gasteiger partial charge in [-0.2, -0.15) is 0 Å². The average Bonchev–Trinajstić information content (AvgIpc) is 2.30. The summed E-state index contributed by atoms with van der Waals surface area (Å²) in [6, 6.07) is 9.03. The van der Waals surface area contributed by atoms with Gasteiger partial charge in [0.1, 0.15) is 17.9 Å². The number of para-hydroxylation sites is 1. The van der Waals surface area contributed by atoms with Gasteiger partial charge in [0.15, 0.2) is 0 Å². The molecule has 0 radical (unpaired) electrons. The highest BCUT2D eigenvalue weighted by atomic mass is 35.5. The minimum atomic E-state index is -0.804. The number of aliphatic carboxylic acids is 1. The maximum absolute atomic E-state index is 10.8. The lowest BCUT2D eigenvalue weighted by Gasteiger charge is -2.28. The van der Waals surface area contributed by atoms with E-state index in [1.165, 1.54) is 0 Å². The summed E-state index contributed by atoms with van der Waals surface area (Å²) in [6.07, 6.45) is 1.35. The number of rotatable bonds is 3.